The van der Waals surface area contributed by atoms with Crippen molar-refractivity contribution in [2.24, 2.45) is 5.73 Å². The summed E-state index contributed by atoms with van der Waals surface area (Å²) < 4.78 is 9.47. The van der Waals surface area contributed by atoms with E-state index in [9.17, 15) is 4.79 Å². The Hall–Kier alpha value is -0.650. The molecule has 1 saturated heterocycles. The molecule has 3 N–H and O–H groups in total. The van der Waals surface area contributed by atoms with E-state index < -0.39 is 0 Å². The average Bonchev–Trinajstić information content (AvgIpc) is 2.18. The molecule has 0 aromatic heterocycles. The Morgan fingerprint density at radius 2 is 1.88 bits per heavy atom. The van der Waals surface area contributed by atoms with Gasteiger partial charge in [0.25, 0.3) is 6.47 Å². The van der Waals surface area contributed by atoms with Crippen LogP contribution in [-0.4, -0.2) is 44.4 Å². The quantitative estimate of drug-likeness (QED) is 0.726. The summed E-state index contributed by atoms with van der Waals surface area (Å²) in [7, 11) is 1.90. The highest BCUT2D eigenvalue weighted by Gasteiger charge is 2.32. The minimum absolute atomic E-state index is 0.0608. The van der Waals surface area contributed by atoms with Crippen molar-refractivity contribution in [2.45, 2.75) is 45.8 Å². The van der Waals surface area contributed by atoms with E-state index in [1.54, 1.807) is 0 Å². The molecule has 1 aliphatic rings. The van der Waals surface area contributed by atoms with Crippen LogP contribution < -0.4 is 11.1 Å². The molecular weight excluding hydrogens is 220 g/mol. The molecular formula is C12H28N2O3. The molecule has 1 fully saturated rings. The number of likely N-dealkylation sites (N-methyl/N-ethyl adjacent to an activating group) is 1. The van der Waals surface area contributed by atoms with E-state index in [2.05, 4.69) is 10.1 Å². The first-order valence-corrected chi connectivity index (χ1v) is 5.96. The van der Waals surface area contributed by atoms with E-state index in [1.807, 2.05) is 41.7 Å². The lowest BCUT2D eigenvalue weighted by Crippen LogP contribution is -2.62. The minimum Gasteiger partial charge on any atom is -0.462 e. The summed E-state index contributed by atoms with van der Waals surface area (Å²) in [6, 6.07) is 0. The highest BCUT2D eigenvalue weighted by molar-refractivity contribution is 5.37. The van der Waals surface area contributed by atoms with Gasteiger partial charge in [0.05, 0.1) is 18.8 Å². The van der Waals surface area contributed by atoms with Crippen LogP contribution in [0.25, 0.3) is 0 Å². The van der Waals surface area contributed by atoms with Crippen molar-refractivity contribution in [1.29, 1.82) is 0 Å². The number of carbonyl (C=O) groups is 1. The SMILES string of the molecule is CC.CC(C)(C)OC=O.CNCC1(N)COC1. The third-order valence-corrected chi connectivity index (χ3v) is 1.71. The van der Waals surface area contributed by atoms with Crippen LogP contribution in [-0.2, 0) is 14.3 Å². The van der Waals surface area contributed by atoms with E-state index in [0.717, 1.165) is 6.54 Å². The third kappa shape index (κ3) is 11.6. The Labute approximate surface area is 105 Å². The van der Waals surface area contributed by atoms with Crippen molar-refractivity contribution in [3.8, 4) is 0 Å². The fourth-order valence-corrected chi connectivity index (χ4v) is 0.963. The number of ether oxygens (including phenoxy) is 2. The fraction of sp³-hybridized carbons (Fsp3) is 0.917. The largest absolute Gasteiger partial charge is 0.462 e. The average molecular weight is 248 g/mol. The normalized spacial score (nSPS) is 16.4. The van der Waals surface area contributed by atoms with Crippen molar-refractivity contribution in [1.82, 2.24) is 5.32 Å². The molecule has 1 rings (SSSR count). The van der Waals surface area contributed by atoms with Gasteiger partial charge in [-0.05, 0) is 27.8 Å². The number of nitrogens with one attached hydrogen (secondary N) is 1. The van der Waals surface area contributed by atoms with Crippen molar-refractivity contribution in [3.05, 3.63) is 0 Å². The lowest BCUT2D eigenvalue weighted by Gasteiger charge is -2.37. The minimum atomic E-state index is -0.318. The summed E-state index contributed by atoms with van der Waals surface area (Å²) in [6.07, 6.45) is 0. The molecule has 0 aromatic rings. The standard InChI is InChI=1S/C5H12N2O.C5H10O2.C2H6/c1-7-2-5(6)3-8-4-5;1-5(2,3)7-4-6;1-2/h7H,2-4,6H2,1H3;4H,1-3H3;1-2H3. The maximum atomic E-state index is 9.60. The molecule has 0 spiro atoms. The summed E-state index contributed by atoms with van der Waals surface area (Å²) in [6.45, 7) is 12.2. The van der Waals surface area contributed by atoms with Gasteiger partial charge in [-0.3, -0.25) is 4.79 Å². The molecule has 0 bridgehead atoms. The highest BCUT2D eigenvalue weighted by Crippen LogP contribution is 2.10. The van der Waals surface area contributed by atoms with Crippen molar-refractivity contribution < 1.29 is 14.3 Å². The summed E-state index contributed by atoms with van der Waals surface area (Å²) in [5, 5.41) is 3.01. The van der Waals surface area contributed by atoms with E-state index in [-0.39, 0.29) is 11.1 Å². The molecule has 1 aliphatic heterocycles. The summed E-state index contributed by atoms with van der Waals surface area (Å²) in [5.74, 6) is 0. The summed E-state index contributed by atoms with van der Waals surface area (Å²) in [5.41, 5.74) is 5.35. The van der Waals surface area contributed by atoms with E-state index >= 15 is 0 Å². The highest BCUT2D eigenvalue weighted by atomic mass is 16.5. The van der Waals surface area contributed by atoms with Gasteiger partial charge in [-0.1, -0.05) is 13.8 Å². The third-order valence-electron chi connectivity index (χ3n) is 1.71. The topological polar surface area (TPSA) is 73.6 Å². The molecule has 104 valence electrons. The maximum Gasteiger partial charge on any atom is 0.293 e. The Kier molecular flexibility index (Phi) is 10.3. The number of nitrogens with two attached hydrogens (primary N) is 1. The lowest BCUT2D eigenvalue weighted by molar-refractivity contribution is -0.138. The van der Waals surface area contributed by atoms with Gasteiger partial charge >= 0.3 is 0 Å². The zero-order chi connectivity index (χ0) is 13.9. The second-order valence-electron chi connectivity index (χ2n) is 4.71. The van der Waals surface area contributed by atoms with Gasteiger partial charge < -0.3 is 20.5 Å². The predicted molar refractivity (Wildman–Crippen MR) is 69.9 cm³/mol. The zero-order valence-corrected chi connectivity index (χ0v) is 12.0. The maximum absolute atomic E-state index is 9.60. The van der Waals surface area contributed by atoms with E-state index in [1.165, 1.54) is 0 Å². The van der Waals surface area contributed by atoms with Crippen LogP contribution in [0.5, 0.6) is 0 Å². The fourth-order valence-electron chi connectivity index (χ4n) is 0.963. The van der Waals surface area contributed by atoms with E-state index in [4.69, 9.17) is 10.5 Å². The first kappa shape index (κ1) is 18.7. The second-order valence-corrected chi connectivity index (χ2v) is 4.71. The molecule has 0 aliphatic carbocycles. The Bertz CT molecular complexity index is 187. The summed E-state index contributed by atoms with van der Waals surface area (Å²) in [4.78, 5) is 9.60. The molecule has 0 amide bonds. The van der Waals surface area contributed by atoms with Gasteiger partial charge in [0.1, 0.15) is 5.60 Å². The van der Waals surface area contributed by atoms with Crippen LogP contribution in [0.4, 0.5) is 0 Å². The Morgan fingerprint density at radius 1 is 1.41 bits per heavy atom. The molecule has 0 radical (unpaired) electrons. The summed E-state index contributed by atoms with van der Waals surface area (Å²) >= 11 is 0. The van der Waals surface area contributed by atoms with Crippen molar-refractivity contribution in [2.75, 3.05) is 26.8 Å². The van der Waals surface area contributed by atoms with Crippen LogP contribution in [0.1, 0.15) is 34.6 Å². The monoisotopic (exact) mass is 248 g/mol. The van der Waals surface area contributed by atoms with Crippen LogP contribution in [0.15, 0.2) is 0 Å². The number of rotatable bonds is 3. The first-order valence-electron chi connectivity index (χ1n) is 5.96. The number of hydrogen-bond donors (Lipinski definition) is 2. The zero-order valence-electron chi connectivity index (χ0n) is 12.0. The van der Waals surface area contributed by atoms with Crippen molar-refractivity contribution in [3.63, 3.8) is 0 Å². The van der Waals surface area contributed by atoms with Crippen LogP contribution in [0.2, 0.25) is 0 Å². The molecule has 17 heavy (non-hydrogen) atoms. The number of carbonyl (C=O) groups excluding carboxylic acids is 1. The molecule has 5 heteroatoms. The van der Waals surface area contributed by atoms with Gasteiger partial charge in [0.15, 0.2) is 0 Å². The van der Waals surface area contributed by atoms with Gasteiger partial charge in [-0.15, -0.1) is 0 Å². The molecule has 0 unspecified atom stereocenters. The van der Waals surface area contributed by atoms with Gasteiger partial charge in [-0.2, -0.15) is 0 Å². The number of hydrogen-bond acceptors (Lipinski definition) is 5. The smallest absolute Gasteiger partial charge is 0.293 e. The van der Waals surface area contributed by atoms with Gasteiger partial charge in [0, 0.05) is 6.54 Å². The van der Waals surface area contributed by atoms with Gasteiger partial charge in [-0.25, -0.2) is 0 Å². The molecule has 5 nitrogen and oxygen atoms in total. The van der Waals surface area contributed by atoms with Crippen molar-refractivity contribution >= 4 is 6.47 Å². The lowest BCUT2D eigenvalue weighted by atomic mass is 10.00. The second kappa shape index (κ2) is 9.39. The predicted octanol–water partition coefficient (Wildman–Crippen LogP) is 0.918. The van der Waals surface area contributed by atoms with Crippen LogP contribution in [0, 0.1) is 0 Å². The first-order chi connectivity index (χ1) is 7.83. The molecule has 0 atom stereocenters. The van der Waals surface area contributed by atoms with Gasteiger partial charge in [0.2, 0.25) is 0 Å². The Balaban J connectivity index is 0. The van der Waals surface area contributed by atoms with Crippen LogP contribution in [0.3, 0.4) is 0 Å². The van der Waals surface area contributed by atoms with E-state index in [0.29, 0.717) is 19.7 Å². The van der Waals surface area contributed by atoms with Crippen LogP contribution >= 0.6 is 0 Å². The molecule has 1 heterocycles. The molecule has 0 aromatic carbocycles. The Morgan fingerprint density at radius 3 is 1.94 bits per heavy atom. The molecule has 0 saturated carbocycles.